The van der Waals surface area contributed by atoms with Crippen molar-refractivity contribution in [2.24, 2.45) is 5.73 Å². The molecule has 0 aliphatic carbocycles. The van der Waals surface area contributed by atoms with Crippen LogP contribution >= 0.6 is 27.3 Å². The number of thiophene rings is 1. The number of nitrogens with two attached hydrogens (primary N) is 1. The summed E-state index contributed by atoms with van der Waals surface area (Å²) >= 11 is 5.33. The third-order valence-corrected chi connectivity index (χ3v) is 5.76. The van der Waals surface area contributed by atoms with E-state index in [0.717, 1.165) is 17.3 Å². The van der Waals surface area contributed by atoms with Gasteiger partial charge in [-0.15, -0.1) is 11.3 Å². The van der Waals surface area contributed by atoms with Gasteiger partial charge in [-0.25, -0.2) is 0 Å². The van der Waals surface area contributed by atoms with Gasteiger partial charge in [0, 0.05) is 26.3 Å². The van der Waals surface area contributed by atoms with E-state index in [1.165, 1.54) is 4.88 Å². The molecule has 1 heterocycles. The molecular weight excluding hydrogens is 308 g/mol. The maximum Gasteiger partial charge on any atom is 0.0595 e. The van der Waals surface area contributed by atoms with Crippen molar-refractivity contribution >= 4 is 27.3 Å². The molecule has 0 amide bonds. The molecule has 0 bridgehead atoms. The average Bonchev–Trinajstić information content (AvgIpc) is 2.75. The molecule has 2 N–H and O–H groups in total. The molecule has 1 rings (SSSR count). The van der Waals surface area contributed by atoms with Crippen LogP contribution in [0.1, 0.15) is 51.5 Å². The van der Waals surface area contributed by atoms with Crippen LogP contribution in [0.5, 0.6) is 0 Å². The van der Waals surface area contributed by atoms with E-state index in [1.807, 2.05) is 0 Å². The third-order valence-electron chi connectivity index (χ3n) is 3.99. The maximum atomic E-state index is 6.36. The molecular formula is C14H25BrN2S. The highest BCUT2D eigenvalue weighted by Crippen LogP contribution is 2.35. The van der Waals surface area contributed by atoms with Gasteiger partial charge >= 0.3 is 0 Å². The molecule has 1 aromatic rings. The Morgan fingerprint density at radius 1 is 1.44 bits per heavy atom. The van der Waals surface area contributed by atoms with Gasteiger partial charge in [0.25, 0.3) is 0 Å². The number of halogens is 1. The summed E-state index contributed by atoms with van der Waals surface area (Å²) in [5.41, 5.74) is 6.52. The molecule has 1 aromatic heterocycles. The number of likely N-dealkylation sites (N-methyl/N-ethyl adjacent to an activating group) is 1. The van der Waals surface area contributed by atoms with Crippen LogP contribution in [-0.4, -0.2) is 23.5 Å². The SMILES string of the molecule is CCC(N)C(c1cc(Br)cs1)N(C)C(C)(C)CC. The minimum atomic E-state index is 0.161. The van der Waals surface area contributed by atoms with Crippen LogP contribution in [-0.2, 0) is 0 Å². The lowest BCUT2D eigenvalue weighted by atomic mass is 9.93. The molecule has 0 aliphatic rings. The van der Waals surface area contributed by atoms with Crippen LogP contribution in [0.25, 0.3) is 0 Å². The van der Waals surface area contributed by atoms with E-state index in [0.29, 0.717) is 6.04 Å². The molecule has 4 heteroatoms. The van der Waals surface area contributed by atoms with Gasteiger partial charge < -0.3 is 5.73 Å². The van der Waals surface area contributed by atoms with E-state index in [-0.39, 0.29) is 11.6 Å². The summed E-state index contributed by atoms with van der Waals surface area (Å²) in [6.45, 7) is 8.96. The van der Waals surface area contributed by atoms with Gasteiger partial charge in [0.15, 0.2) is 0 Å². The molecule has 0 aliphatic heterocycles. The van der Waals surface area contributed by atoms with Crippen molar-refractivity contribution in [3.8, 4) is 0 Å². The monoisotopic (exact) mass is 332 g/mol. The van der Waals surface area contributed by atoms with E-state index in [9.17, 15) is 0 Å². The second kappa shape index (κ2) is 6.51. The molecule has 18 heavy (non-hydrogen) atoms. The van der Waals surface area contributed by atoms with E-state index < -0.39 is 0 Å². The maximum absolute atomic E-state index is 6.36. The predicted molar refractivity (Wildman–Crippen MR) is 85.2 cm³/mol. The Hall–Kier alpha value is 0.1000. The molecule has 0 saturated heterocycles. The zero-order chi connectivity index (χ0) is 13.9. The quantitative estimate of drug-likeness (QED) is 0.835. The Balaban J connectivity index is 3.06. The highest BCUT2D eigenvalue weighted by atomic mass is 79.9. The lowest BCUT2D eigenvalue weighted by Gasteiger charge is -2.42. The number of hydrogen-bond donors (Lipinski definition) is 1. The van der Waals surface area contributed by atoms with Crippen LogP contribution in [0.4, 0.5) is 0 Å². The second-order valence-corrected chi connectivity index (χ2v) is 7.32. The van der Waals surface area contributed by atoms with Gasteiger partial charge in [-0.2, -0.15) is 0 Å². The Labute approximate surface area is 124 Å². The summed E-state index contributed by atoms with van der Waals surface area (Å²) in [6.07, 6.45) is 2.10. The van der Waals surface area contributed by atoms with Crippen LogP contribution in [0.3, 0.4) is 0 Å². The molecule has 0 saturated carbocycles. The summed E-state index contributed by atoms with van der Waals surface area (Å²) in [6, 6.07) is 2.67. The van der Waals surface area contributed by atoms with E-state index >= 15 is 0 Å². The molecule has 0 radical (unpaired) electrons. The largest absolute Gasteiger partial charge is 0.326 e. The first kappa shape index (κ1) is 16.2. The van der Waals surface area contributed by atoms with Crippen LogP contribution in [0.2, 0.25) is 0 Å². The van der Waals surface area contributed by atoms with E-state index in [4.69, 9.17) is 5.73 Å². The minimum Gasteiger partial charge on any atom is -0.326 e. The number of nitrogens with zero attached hydrogens (tertiary/aromatic N) is 1. The first-order chi connectivity index (χ1) is 8.33. The molecule has 2 atom stereocenters. The highest BCUT2D eigenvalue weighted by Gasteiger charge is 2.32. The van der Waals surface area contributed by atoms with Crippen molar-refractivity contribution < 1.29 is 0 Å². The first-order valence-electron chi connectivity index (χ1n) is 6.56. The van der Waals surface area contributed by atoms with Crippen molar-refractivity contribution in [3.63, 3.8) is 0 Å². The molecule has 2 nitrogen and oxygen atoms in total. The Kier molecular flexibility index (Phi) is 5.84. The smallest absolute Gasteiger partial charge is 0.0595 e. The predicted octanol–water partition coefficient (Wildman–Crippen LogP) is 4.41. The zero-order valence-corrected chi connectivity index (χ0v) is 14.4. The topological polar surface area (TPSA) is 29.3 Å². The minimum absolute atomic E-state index is 0.161. The fourth-order valence-electron chi connectivity index (χ4n) is 2.02. The van der Waals surface area contributed by atoms with Gasteiger partial charge in [-0.1, -0.05) is 13.8 Å². The van der Waals surface area contributed by atoms with Gasteiger partial charge in [0.05, 0.1) is 6.04 Å². The lowest BCUT2D eigenvalue weighted by molar-refractivity contribution is 0.0825. The Morgan fingerprint density at radius 2 is 2.06 bits per heavy atom. The van der Waals surface area contributed by atoms with Crippen molar-refractivity contribution in [3.05, 3.63) is 20.8 Å². The van der Waals surface area contributed by atoms with E-state index in [2.05, 4.69) is 67.0 Å². The summed E-state index contributed by atoms with van der Waals surface area (Å²) in [4.78, 5) is 3.78. The van der Waals surface area contributed by atoms with Gasteiger partial charge in [0.1, 0.15) is 0 Å². The molecule has 0 spiro atoms. The van der Waals surface area contributed by atoms with Crippen molar-refractivity contribution in [1.29, 1.82) is 0 Å². The van der Waals surface area contributed by atoms with E-state index in [1.54, 1.807) is 11.3 Å². The Bertz CT molecular complexity index is 376. The average molecular weight is 333 g/mol. The lowest BCUT2D eigenvalue weighted by Crippen LogP contribution is -2.48. The summed E-state index contributed by atoms with van der Waals surface area (Å²) in [5, 5.41) is 2.14. The summed E-state index contributed by atoms with van der Waals surface area (Å²) in [7, 11) is 2.19. The molecule has 0 aromatic carbocycles. The van der Waals surface area contributed by atoms with Crippen molar-refractivity contribution in [1.82, 2.24) is 4.90 Å². The van der Waals surface area contributed by atoms with Gasteiger partial charge in [-0.3, -0.25) is 4.90 Å². The van der Waals surface area contributed by atoms with Gasteiger partial charge in [0.2, 0.25) is 0 Å². The number of rotatable bonds is 6. The molecule has 104 valence electrons. The molecule has 0 fully saturated rings. The highest BCUT2D eigenvalue weighted by molar-refractivity contribution is 9.10. The first-order valence-corrected chi connectivity index (χ1v) is 8.23. The summed E-state index contributed by atoms with van der Waals surface area (Å²) in [5.74, 6) is 0. The zero-order valence-electron chi connectivity index (χ0n) is 12.0. The van der Waals surface area contributed by atoms with Crippen molar-refractivity contribution in [2.45, 2.75) is 58.2 Å². The second-order valence-electron chi connectivity index (χ2n) is 5.46. The Morgan fingerprint density at radius 3 is 2.44 bits per heavy atom. The standard InChI is InChI=1S/C14H25BrN2S/c1-6-11(16)13(12-8-10(15)9-18-12)17(5)14(3,4)7-2/h8-9,11,13H,6-7,16H2,1-5H3. The van der Waals surface area contributed by atoms with Crippen LogP contribution in [0, 0.1) is 0 Å². The normalized spacial score (nSPS) is 16.0. The van der Waals surface area contributed by atoms with Gasteiger partial charge in [-0.05, 0) is 55.7 Å². The van der Waals surface area contributed by atoms with Crippen LogP contribution < -0.4 is 5.73 Å². The third kappa shape index (κ3) is 3.56. The number of hydrogen-bond acceptors (Lipinski definition) is 3. The van der Waals surface area contributed by atoms with Crippen LogP contribution in [0.15, 0.2) is 15.9 Å². The summed E-state index contributed by atoms with van der Waals surface area (Å²) < 4.78 is 1.15. The van der Waals surface area contributed by atoms with Crippen molar-refractivity contribution in [2.75, 3.05) is 7.05 Å². The fraction of sp³-hybridized carbons (Fsp3) is 0.714. The fourth-order valence-corrected chi connectivity index (χ4v) is 3.68. The molecule has 2 unspecified atom stereocenters.